The number of carbonyl (C=O) groups is 2. The fraction of sp³-hybridized carbons (Fsp3) is 0.714. The van der Waals surface area contributed by atoms with Crippen LogP contribution < -0.4 is 0 Å². The van der Waals surface area contributed by atoms with E-state index in [-0.39, 0.29) is 50.9 Å². The molecule has 0 aromatic heterocycles. The SMILES string of the molecule is C=C(Cl)COC(=O)C1=C(SC2CC[S+]([O-])C2)S[C@@H]2[C@@H]([C@@H](C)O[SiH2]C(C)(C)C(C)C)C(=O)N12. The van der Waals surface area contributed by atoms with E-state index >= 15 is 0 Å². The van der Waals surface area contributed by atoms with Crippen LogP contribution in [0.2, 0.25) is 5.04 Å². The summed E-state index contributed by atoms with van der Waals surface area (Å²) in [5, 5.41) is 0.350. The third-order valence-corrected chi connectivity index (χ3v) is 13.3. The van der Waals surface area contributed by atoms with E-state index in [0.29, 0.717) is 17.4 Å². The van der Waals surface area contributed by atoms with E-state index in [1.54, 1.807) is 16.7 Å². The van der Waals surface area contributed by atoms with Gasteiger partial charge in [-0.25, -0.2) is 4.79 Å². The first-order chi connectivity index (χ1) is 14.9. The average molecular weight is 538 g/mol. The Balaban J connectivity index is 1.73. The van der Waals surface area contributed by atoms with Crippen LogP contribution in [0.1, 0.15) is 41.0 Å². The fourth-order valence-electron chi connectivity index (χ4n) is 3.52. The number of fused-ring (bicyclic) bond motifs is 1. The van der Waals surface area contributed by atoms with Crippen LogP contribution in [0.4, 0.5) is 0 Å². The summed E-state index contributed by atoms with van der Waals surface area (Å²) in [6, 6.07) is 0. The van der Waals surface area contributed by atoms with Gasteiger partial charge in [0.1, 0.15) is 23.5 Å². The van der Waals surface area contributed by atoms with E-state index in [2.05, 4.69) is 34.3 Å². The second-order valence-corrected chi connectivity index (χ2v) is 16.8. The Bertz CT molecular complexity index is 808. The van der Waals surface area contributed by atoms with Crippen LogP contribution in [0, 0.1) is 11.8 Å². The number of carbonyl (C=O) groups excluding carboxylic acids is 2. The van der Waals surface area contributed by atoms with Gasteiger partial charge >= 0.3 is 5.97 Å². The van der Waals surface area contributed by atoms with E-state index in [4.69, 9.17) is 20.8 Å². The van der Waals surface area contributed by atoms with E-state index in [9.17, 15) is 14.1 Å². The van der Waals surface area contributed by atoms with Crippen molar-refractivity contribution in [2.45, 2.75) is 62.8 Å². The number of halogens is 1. The number of amides is 1. The molecule has 3 aliphatic heterocycles. The maximum atomic E-state index is 13.1. The van der Waals surface area contributed by atoms with Crippen molar-refractivity contribution in [1.29, 1.82) is 0 Å². The van der Waals surface area contributed by atoms with Crippen LogP contribution >= 0.6 is 35.1 Å². The summed E-state index contributed by atoms with van der Waals surface area (Å²) in [7, 11) is -0.854. The van der Waals surface area contributed by atoms with Gasteiger partial charge in [-0.2, -0.15) is 0 Å². The molecule has 0 saturated carbocycles. The number of esters is 1. The molecule has 3 rings (SSSR count). The lowest BCUT2D eigenvalue weighted by Crippen LogP contribution is -2.61. The maximum absolute atomic E-state index is 13.1. The Labute approximate surface area is 209 Å². The standard InChI is InChI=1S/C21H32ClNO5S3Si/c1-11(2)21(5,6)32-28-13(4)15-17(24)23-16(19(25)27-9-12(3)22)20(30-18(15)23)29-14-7-8-31(26)10-14/h11,13-15,18H,3,7-10,32H2,1-2,4-6H3/t13-,14?,15+,18-,31?/m1/s1. The lowest BCUT2D eigenvalue weighted by Gasteiger charge is -2.45. The van der Waals surface area contributed by atoms with Crippen molar-refractivity contribution in [3.63, 3.8) is 0 Å². The van der Waals surface area contributed by atoms with Gasteiger partial charge in [-0.05, 0) is 17.9 Å². The van der Waals surface area contributed by atoms with Crippen molar-refractivity contribution >= 4 is 67.9 Å². The molecule has 3 aliphatic rings. The fourth-order valence-corrected chi connectivity index (χ4v) is 10.1. The summed E-state index contributed by atoms with van der Waals surface area (Å²) in [4.78, 5) is 27.5. The van der Waals surface area contributed by atoms with Gasteiger partial charge in [-0.1, -0.05) is 68.8 Å². The molecule has 2 fully saturated rings. The Morgan fingerprint density at radius 1 is 1.47 bits per heavy atom. The normalized spacial score (nSPS) is 29.1. The number of hydrogen-bond donors (Lipinski definition) is 0. The number of thioether (sulfide) groups is 2. The first-order valence-corrected chi connectivity index (χ1v) is 15.7. The molecular formula is C21H32ClNO5S3Si. The Kier molecular flexibility index (Phi) is 8.83. The van der Waals surface area contributed by atoms with E-state index < -0.39 is 26.9 Å². The molecule has 3 heterocycles. The molecule has 2 unspecified atom stereocenters. The van der Waals surface area contributed by atoms with Gasteiger partial charge in [-0.3, -0.25) is 9.69 Å². The maximum Gasteiger partial charge on any atom is 0.357 e. The number of nitrogens with zero attached hydrogens (tertiary/aromatic N) is 1. The van der Waals surface area contributed by atoms with Crippen molar-refractivity contribution in [1.82, 2.24) is 4.90 Å². The lowest BCUT2D eigenvalue weighted by atomic mass is 9.92. The van der Waals surface area contributed by atoms with Gasteiger partial charge in [-0.15, -0.1) is 11.8 Å². The molecule has 0 bridgehead atoms. The summed E-state index contributed by atoms with van der Waals surface area (Å²) < 4.78 is 24.2. The number of hydrogen-bond acceptors (Lipinski definition) is 7. The van der Waals surface area contributed by atoms with Crippen LogP contribution in [0.15, 0.2) is 21.5 Å². The number of rotatable bonds is 10. The zero-order valence-electron chi connectivity index (χ0n) is 19.2. The molecule has 11 heteroatoms. The molecule has 0 spiro atoms. The molecule has 0 aromatic carbocycles. The highest BCUT2D eigenvalue weighted by Gasteiger charge is 2.58. The smallest absolute Gasteiger partial charge is 0.357 e. The number of ether oxygens (including phenoxy) is 1. The molecule has 0 aromatic rings. The summed E-state index contributed by atoms with van der Waals surface area (Å²) in [5.74, 6) is 0.824. The molecule has 180 valence electrons. The highest BCUT2D eigenvalue weighted by Crippen LogP contribution is 2.55. The van der Waals surface area contributed by atoms with Crippen LogP contribution in [0.3, 0.4) is 0 Å². The van der Waals surface area contributed by atoms with E-state index in [0.717, 1.165) is 10.7 Å². The van der Waals surface area contributed by atoms with Gasteiger partial charge in [0.15, 0.2) is 15.5 Å². The minimum absolute atomic E-state index is 0.103. The van der Waals surface area contributed by atoms with Crippen LogP contribution in [0.5, 0.6) is 0 Å². The summed E-state index contributed by atoms with van der Waals surface area (Å²) in [5.41, 5.74) is 0.286. The van der Waals surface area contributed by atoms with Crippen molar-refractivity contribution in [3.8, 4) is 0 Å². The Morgan fingerprint density at radius 2 is 2.16 bits per heavy atom. The molecule has 0 radical (unpaired) electrons. The second kappa shape index (κ2) is 10.7. The first-order valence-electron chi connectivity index (χ1n) is 10.8. The highest BCUT2D eigenvalue weighted by atomic mass is 35.5. The Morgan fingerprint density at radius 3 is 2.72 bits per heavy atom. The van der Waals surface area contributed by atoms with Gasteiger partial charge in [0.2, 0.25) is 5.91 Å². The zero-order valence-corrected chi connectivity index (χ0v) is 23.8. The zero-order chi connectivity index (χ0) is 23.8. The molecule has 32 heavy (non-hydrogen) atoms. The predicted octanol–water partition coefficient (Wildman–Crippen LogP) is 3.58. The quantitative estimate of drug-likeness (QED) is 0.182. The average Bonchev–Trinajstić information content (AvgIpc) is 3.25. The first kappa shape index (κ1) is 26.5. The summed E-state index contributed by atoms with van der Waals surface area (Å²) in [6.07, 6.45) is 0.628. The molecule has 0 aliphatic carbocycles. The van der Waals surface area contributed by atoms with Gasteiger partial charge in [0.25, 0.3) is 0 Å². The minimum Gasteiger partial charge on any atom is -0.616 e. The highest BCUT2D eigenvalue weighted by molar-refractivity contribution is 8.23. The van der Waals surface area contributed by atoms with E-state index in [1.807, 2.05) is 6.92 Å². The van der Waals surface area contributed by atoms with Crippen LogP contribution in [0.25, 0.3) is 0 Å². The number of β-lactam (4-membered cyclic amide) rings is 1. The molecular weight excluding hydrogens is 506 g/mol. The Hall–Kier alpha value is -0.103. The topological polar surface area (TPSA) is 78.9 Å². The third kappa shape index (κ3) is 5.75. The largest absolute Gasteiger partial charge is 0.616 e. The van der Waals surface area contributed by atoms with Crippen LogP contribution in [-0.4, -0.2) is 65.9 Å². The molecule has 5 atom stereocenters. The van der Waals surface area contributed by atoms with Crippen LogP contribution in [-0.2, 0) is 29.9 Å². The third-order valence-electron chi connectivity index (χ3n) is 6.40. The molecule has 0 N–H and O–H groups in total. The second-order valence-electron chi connectivity index (χ2n) is 9.47. The molecule has 6 nitrogen and oxygen atoms in total. The van der Waals surface area contributed by atoms with Crippen molar-refractivity contribution in [2.75, 3.05) is 18.1 Å². The summed E-state index contributed by atoms with van der Waals surface area (Å²) >= 11 is 8.01. The van der Waals surface area contributed by atoms with E-state index in [1.165, 1.54) is 11.8 Å². The van der Waals surface area contributed by atoms with Gasteiger partial charge in [0, 0.05) is 11.5 Å². The van der Waals surface area contributed by atoms with Crippen molar-refractivity contribution in [3.05, 3.63) is 21.5 Å². The molecule has 1 amide bonds. The minimum atomic E-state index is -0.854. The summed E-state index contributed by atoms with van der Waals surface area (Å²) in [6.45, 7) is 14.2. The van der Waals surface area contributed by atoms with Crippen molar-refractivity contribution < 1.29 is 23.3 Å². The van der Waals surface area contributed by atoms with Gasteiger partial charge in [0.05, 0.1) is 21.5 Å². The van der Waals surface area contributed by atoms with Crippen molar-refractivity contribution in [2.24, 2.45) is 11.8 Å². The van der Waals surface area contributed by atoms with Gasteiger partial charge < -0.3 is 13.7 Å². The molecule has 2 saturated heterocycles. The lowest BCUT2D eigenvalue weighted by molar-refractivity contribution is -0.157. The predicted molar refractivity (Wildman–Crippen MR) is 137 cm³/mol. The monoisotopic (exact) mass is 537 g/mol.